The van der Waals surface area contributed by atoms with E-state index in [-0.39, 0.29) is 0 Å². The van der Waals surface area contributed by atoms with E-state index in [0.29, 0.717) is 5.56 Å². The first-order valence-corrected chi connectivity index (χ1v) is 17.3. The molecule has 0 bridgehead atoms. The van der Waals surface area contributed by atoms with Crippen molar-refractivity contribution < 1.29 is 9.47 Å². The van der Waals surface area contributed by atoms with Crippen LogP contribution in [0.15, 0.2) is 102 Å². The first kappa shape index (κ1) is 34.5. The van der Waals surface area contributed by atoms with Crippen molar-refractivity contribution in [2.45, 2.75) is 90.4 Å². The first-order chi connectivity index (χ1) is 22.7. The molecule has 0 saturated heterocycles. The fourth-order valence-corrected chi connectivity index (χ4v) is 5.43. The minimum Gasteiger partial charge on any atom is -0.494 e. The van der Waals surface area contributed by atoms with Crippen molar-refractivity contribution in [3.63, 3.8) is 0 Å². The van der Waals surface area contributed by atoms with Gasteiger partial charge >= 0.3 is 0 Å². The lowest BCUT2D eigenvalue weighted by Crippen LogP contribution is -1.98. The highest BCUT2D eigenvalue weighted by Gasteiger charge is 2.01. The van der Waals surface area contributed by atoms with Crippen LogP contribution in [0.2, 0.25) is 0 Å². The summed E-state index contributed by atoms with van der Waals surface area (Å²) in [7, 11) is 0. The maximum Gasteiger partial charge on any atom is 0.119 e. The number of hydrogen-bond acceptors (Lipinski definition) is 4. The van der Waals surface area contributed by atoms with Crippen molar-refractivity contribution in [3.8, 4) is 28.7 Å². The summed E-state index contributed by atoms with van der Waals surface area (Å²) in [5.74, 6) is 1.84. The Balaban J connectivity index is 0.978. The maximum absolute atomic E-state index is 8.96. The molecule has 0 aliphatic carbocycles. The SMILES string of the molecule is CCCCCCc1ccc(N=Cc2ccc(OCCCCCCCCCCOc3ccc(-c4ccc(C#N)cc4)cc3)cc2)cc1. The van der Waals surface area contributed by atoms with Crippen molar-refractivity contribution >= 4 is 11.9 Å². The van der Waals surface area contributed by atoms with E-state index < -0.39 is 0 Å². The molecule has 4 heteroatoms. The van der Waals surface area contributed by atoms with E-state index in [1.54, 1.807) is 0 Å². The van der Waals surface area contributed by atoms with Gasteiger partial charge in [0, 0.05) is 6.21 Å². The molecule has 4 rings (SSSR count). The average Bonchev–Trinajstić information content (AvgIpc) is 3.11. The number of rotatable bonds is 21. The third-order valence-corrected chi connectivity index (χ3v) is 8.28. The van der Waals surface area contributed by atoms with Gasteiger partial charge in [-0.2, -0.15) is 5.26 Å². The summed E-state index contributed by atoms with van der Waals surface area (Å²) < 4.78 is 11.9. The molecule has 240 valence electrons. The lowest BCUT2D eigenvalue weighted by Gasteiger charge is -2.08. The van der Waals surface area contributed by atoms with Gasteiger partial charge in [-0.15, -0.1) is 0 Å². The van der Waals surface area contributed by atoms with E-state index in [9.17, 15) is 0 Å². The van der Waals surface area contributed by atoms with Crippen LogP contribution in [0.4, 0.5) is 5.69 Å². The third kappa shape index (κ3) is 12.9. The maximum atomic E-state index is 8.96. The summed E-state index contributed by atoms with van der Waals surface area (Å²) in [4.78, 5) is 4.64. The van der Waals surface area contributed by atoms with Gasteiger partial charge in [0.05, 0.1) is 30.5 Å². The van der Waals surface area contributed by atoms with E-state index in [4.69, 9.17) is 14.7 Å². The van der Waals surface area contributed by atoms with Crippen molar-refractivity contribution in [2.24, 2.45) is 4.99 Å². The van der Waals surface area contributed by atoms with Crippen LogP contribution in [0.25, 0.3) is 11.1 Å². The predicted molar refractivity (Wildman–Crippen MR) is 193 cm³/mol. The Morgan fingerprint density at radius 3 is 1.61 bits per heavy atom. The van der Waals surface area contributed by atoms with Crippen LogP contribution in [0.5, 0.6) is 11.5 Å². The fourth-order valence-electron chi connectivity index (χ4n) is 5.43. The summed E-state index contributed by atoms with van der Waals surface area (Å²) >= 11 is 0. The van der Waals surface area contributed by atoms with E-state index in [2.05, 4.69) is 66.5 Å². The smallest absolute Gasteiger partial charge is 0.119 e. The van der Waals surface area contributed by atoms with Crippen LogP contribution in [-0.2, 0) is 6.42 Å². The van der Waals surface area contributed by atoms with Gasteiger partial charge in [0.15, 0.2) is 0 Å². The quantitative estimate of drug-likeness (QED) is 0.0693. The molecule has 0 amide bonds. The number of nitrogens with zero attached hydrogens (tertiary/aromatic N) is 2. The normalized spacial score (nSPS) is 11.0. The van der Waals surface area contributed by atoms with Gasteiger partial charge in [0.2, 0.25) is 0 Å². The van der Waals surface area contributed by atoms with Gasteiger partial charge in [0.1, 0.15) is 11.5 Å². The number of unbranched alkanes of at least 4 members (excludes halogenated alkanes) is 10. The molecule has 4 aromatic carbocycles. The summed E-state index contributed by atoms with van der Waals surface area (Å²) in [6, 6.07) is 34.9. The van der Waals surface area contributed by atoms with Crippen LogP contribution >= 0.6 is 0 Å². The number of hydrogen-bond donors (Lipinski definition) is 0. The predicted octanol–water partition coefficient (Wildman–Crippen LogP) is 11.7. The fraction of sp³-hybridized carbons (Fsp3) is 0.381. The summed E-state index contributed by atoms with van der Waals surface area (Å²) in [5.41, 5.74) is 6.39. The Labute approximate surface area is 277 Å². The van der Waals surface area contributed by atoms with Gasteiger partial charge < -0.3 is 9.47 Å². The van der Waals surface area contributed by atoms with Gasteiger partial charge in [-0.1, -0.05) is 101 Å². The molecule has 4 aromatic rings. The van der Waals surface area contributed by atoms with Gasteiger partial charge in [-0.25, -0.2) is 0 Å². The average molecular weight is 615 g/mol. The van der Waals surface area contributed by atoms with E-state index in [0.717, 1.165) is 66.4 Å². The Kier molecular flexibility index (Phi) is 15.5. The second kappa shape index (κ2) is 20.6. The number of aryl methyl sites for hydroxylation is 1. The van der Waals surface area contributed by atoms with Crippen LogP contribution in [-0.4, -0.2) is 19.4 Å². The third-order valence-electron chi connectivity index (χ3n) is 8.28. The largest absolute Gasteiger partial charge is 0.494 e. The first-order valence-electron chi connectivity index (χ1n) is 17.3. The second-order valence-electron chi connectivity index (χ2n) is 12.0. The van der Waals surface area contributed by atoms with Gasteiger partial charge in [-0.3, -0.25) is 4.99 Å². The summed E-state index contributed by atoms with van der Waals surface area (Å²) in [5, 5.41) is 8.96. The standard InChI is InChI=1S/C42H50N2O2/c1-2-3-4-11-14-35-17-25-40(26-18-35)44-34-37-19-27-41(28-20-37)45-31-12-9-7-5-6-8-10-13-32-46-42-29-23-39(24-30-42)38-21-15-36(33-43)16-22-38/h15-30,34H,2-14,31-32H2,1H3. The monoisotopic (exact) mass is 614 g/mol. The van der Waals surface area contributed by atoms with Crippen molar-refractivity contribution in [1.82, 2.24) is 0 Å². The van der Waals surface area contributed by atoms with E-state index >= 15 is 0 Å². The lowest BCUT2D eigenvalue weighted by molar-refractivity contribution is 0.301. The summed E-state index contributed by atoms with van der Waals surface area (Å²) in [6.07, 6.45) is 18.0. The zero-order chi connectivity index (χ0) is 32.1. The minimum atomic E-state index is 0.679. The minimum absolute atomic E-state index is 0.679. The van der Waals surface area contributed by atoms with Gasteiger partial charge in [0.25, 0.3) is 0 Å². The Bertz CT molecular complexity index is 1450. The van der Waals surface area contributed by atoms with Crippen LogP contribution in [0.3, 0.4) is 0 Å². The van der Waals surface area contributed by atoms with Crippen LogP contribution in [0.1, 0.15) is 101 Å². The molecule has 0 radical (unpaired) electrons. The number of aliphatic imine (C=N–C) groups is 1. The molecule has 0 fully saturated rings. The van der Waals surface area contributed by atoms with Crippen molar-refractivity contribution in [2.75, 3.05) is 13.2 Å². The van der Waals surface area contributed by atoms with Gasteiger partial charge in [-0.05, 0) is 109 Å². The molecule has 0 saturated carbocycles. The molecule has 0 N–H and O–H groups in total. The number of benzene rings is 4. The molecule has 0 aliphatic heterocycles. The molecule has 0 aromatic heterocycles. The molecule has 0 heterocycles. The molecular formula is C42H50N2O2. The van der Waals surface area contributed by atoms with E-state index in [1.165, 1.54) is 69.8 Å². The van der Waals surface area contributed by atoms with Crippen molar-refractivity contribution in [1.29, 1.82) is 5.26 Å². The van der Waals surface area contributed by atoms with E-state index in [1.807, 2.05) is 54.7 Å². The summed E-state index contributed by atoms with van der Waals surface area (Å²) in [6.45, 7) is 3.78. The lowest BCUT2D eigenvalue weighted by atomic mass is 10.0. The molecule has 0 spiro atoms. The molecule has 0 unspecified atom stereocenters. The molecule has 0 aliphatic rings. The highest BCUT2D eigenvalue weighted by molar-refractivity contribution is 5.82. The van der Waals surface area contributed by atoms with Crippen LogP contribution < -0.4 is 9.47 Å². The highest BCUT2D eigenvalue weighted by Crippen LogP contribution is 2.23. The number of nitriles is 1. The number of ether oxygens (including phenoxy) is 2. The molecule has 4 nitrogen and oxygen atoms in total. The molecular weight excluding hydrogens is 564 g/mol. The van der Waals surface area contributed by atoms with Crippen LogP contribution in [0, 0.1) is 11.3 Å². The highest BCUT2D eigenvalue weighted by atomic mass is 16.5. The Morgan fingerprint density at radius 2 is 1.07 bits per heavy atom. The Morgan fingerprint density at radius 1 is 0.565 bits per heavy atom. The molecule has 0 atom stereocenters. The topological polar surface area (TPSA) is 54.6 Å². The zero-order valence-electron chi connectivity index (χ0n) is 27.6. The molecule has 46 heavy (non-hydrogen) atoms. The van der Waals surface area contributed by atoms with Crippen molar-refractivity contribution in [3.05, 3.63) is 114 Å². The zero-order valence-corrected chi connectivity index (χ0v) is 27.6. The second-order valence-corrected chi connectivity index (χ2v) is 12.0. The Hall–Kier alpha value is -4.36.